The first-order valence-electron chi connectivity index (χ1n) is 9.03. The second-order valence-electron chi connectivity index (χ2n) is 6.89. The molecule has 1 aromatic carbocycles. The van der Waals surface area contributed by atoms with E-state index in [1.807, 2.05) is 29.2 Å². The first kappa shape index (κ1) is 16.6. The van der Waals surface area contributed by atoms with Gasteiger partial charge in [-0.05, 0) is 43.0 Å². The van der Waals surface area contributed by atoms with E-state index in [9.17, 15) is 9.59 Å². The molecule has 6 heteroatoms. The van der Waals surface area contributed by atoms with Crippen LogP contribution in [0.25, 0.3) is 0 Å². The summed E-state index contributed by atoms with van der Waals surface area (Å²) in [5, 5.41) is 0. The maximum absolute atomic E-state index is 13.0. The van der Waals surface area contributed by atoms with Crippen molar-refractivity contribution >= 4 is 23.2 Å². The Morgan fingerprint density at radius 3 is 2.62 bits per heavy atom. The molecule has 4 rings (SSSR count). The monoisotopic (exact) mass is 350 g/mol. The lowest BCUT2D eigenvalue weighted by Gasteiger charge is -2.34. The molecule has 1 aromatic heterocycles. The first-order chi connectivity index (χ1) is 12.6. The van der Waals surface area contributed by atoms with Crippen molar-refractivity contribution in [2.24, 2.45) is 11.7 Å². The number of primary amides is 1. The van der Waals surface area contributed by atoms with Gasteiger partial charge in [-0.25, -0.2) is 0 Å². The van der Waals surface area contributed by atoms with Gasteiger partial charge in [0.25, 0.3) is 5.91 Å². The molecule has 1 fully saturated rings. The van der Waals surface area contributed by atoms with Crippen molar-refractivity contribution in [2.75, 3.05) is 29.4 Å². The Kier molecular flexibility index (Phi) is 4.32. The molecule has 0 radical (unpaired) electrons. The molecule has 134 valence electrons. The van der Waals surface area contributed by atoms with Crippen molar-refractivity contribution in [1.29, 1.82) is 0 Å². The maximum Gasteiger partial charge on any atom is 0.267 e. The highest BCUT2D eigenvalue weighted by atomic mass is 16.2. The quantitative estimate of drug-likeness (QED) is 0.918. The largest absolute Gasteiger partial charge is 0.371 e. The minimum absolute atomic E-state index is 0.0508. The predicted octanol–water partition coefficient (Wildman–Crippen LogP) is 1.99. The van der Waals surface area contributed by atoms with Crippen LogP contribution in [0.1, 0.15) is 28.9 Å². The number of hydrogen-bond donors (Lipinski definition) is 1. The van der Waals surface area contributed by atoms with Gasteiger partial charge in [0.15, 0.2) is 0 Å². The number of anilines is 2. The average Bonchev–Trinajstić information content (AvgIpc) is 3.12. The van der Waals surface area contributed by atoms with E-state index in [-0.39, 0.29) is 17.5 Å². The number of pyridine rings is 1. The second-order valence-corrected chi connectivity index (χ2v) is 6.89. The number of nitrogens with zero attached hydrogens (tertiary/aromatic N) is 3. The van der Waals surface area contributed by atoms with Crippen molar-refractivity contribution in [3.63, 3.8) is 0 Å². The molecule has 1 saturated heterocycles. The van der Waals surface area contributed by atoms with E-state index in [1.54, 1.807) is 12.3 Å². The van der Waals surface area contributed by atoms with E-state index in [2.05, 4.69) is 16.0 Å². The number of fused-ring (bicyclic) bond motifs is 1. The van der Waals surface area contributed by atoms with Crippen LogP contribution in [0.4, 0.5) is 11.4 Å². The molecule has 2 amide bonds. The fraction of sp³-hybridized carbons (Fsp3) is 0.350. The van der Waals surface area contributed by atoms with Gasteiger partial charge in [-0.1, -0.05) is 18.2 Å². The molecule has 2 aromatic rings. The number of carbonyl (C=O) groups excluding carboxylic acids is 2. The fourth-order valence-corrected chi connectivity index (χ4v) is 3.92. The van der Waals surface area contributed by atoms with Gasteiger partial charge in [-0.3, -0.25) is 14.6 Å². The SMILES string of the molecule is NC(=O)c1cc(N2CCC(C(=O)N3CCc4ccccc43)CC2)ccn1. The van der Waals surface area contributed by atoms with Crippen molar-refractivity contribution in [1.82, 2.24) is 4.98 Å². The Bertz CT molecular complexity index is 843. The summed E-state index contributed by atoms with van der Waals surface area (Å²) in [6, 6.07) is 11.8. The van der Waals surface area contributed by atoms with Crippen LogP contribution in [0.15, 0.2) is 42.6 Å². The summed E-state index contributed by atoms with van der Waals surface area (Å²) in [4.78, 5) is 32.4. The molecule has 2 N–H and O–H groups in total. The van der Waals surface area contributed by atoms with Gasteiger partial charge < -0.3 is 15.5 Å². The van der Waals surface area contributed by atoms with Crippen LogP contribution < -0.4 is 15.5 Å². The lowest BCUT2D eigenvalue weighted by molar-refractivity contribution is -0.122. The number of benzene rings is 1. The highest BCUT2D eigenvalue weighted by molar-refractivity contribution is 5.97. The van der Waals surface area contributed by atoms with Gasteiger partial charge in [0.2, 0.25) is 5.91 Å². The fourth-order valence-electron chi connectivity index (χ4n) is 3.92. The number of nitrogens with two attached hydrogens (primary N) is 1. The molecule has 2 aliphatic heterocycles. The summed E-state index contributed by atoms with van der Waals surface area (Å²) >= 11 is 0. The summed E-state index contributed by atoms with van der Waals surface area (Å²) in [7, 11) is 0. The molecule has 6 nitrogen and oxygen atoms in total. The summed E-state index contributed by atoms with van der Waals surface area (Å²) in [5.74, 6) is -0.235. The van der Waals surface area contributed by atoms with Crippen LogP contribution in [-0.4, -0.2) is 36.4 Å². The minimum Gasteiger partial charge on any atom is -0.371 e. The van der Waals surface area contributed by atoms with Crippen molar-refractivity contribution in [3.05, 3.63) is 53.9 Å². The maximum atomic E-state index is 13.0. The van der Waals surface area contributed by atoms with E-state index >= 15 is 0 Å². The molecule has 0 unspecified atom stereocenters. The molecular formula is C20H22N4O2. The highest BCUT2D eigenvalue weighted by Crippen LogP contribution is 2.31. The average molecular weight is 350 g/mol. The Hall–Kier alpha value is -2.89. The minimum atomic E-state index is -0.524. The Morgan fingerprint density at radius 2 is 1.85 bits per heavy atom. The number of amides is 2. The van der Waals surface area contributed by atoms with Crippen molar-refractivity contribution in [3.8, 4) is 0 Å². The van der Waals surface area contributed by atoms with Crippen LogP contribution in [0.2, 0.25) is 0 Å². The van der Waals surface area contributed by atoms with E-state index in [0.29, 0.717) is 0 Å². The van der Waals surface area contributed by atoms with Crippen molar-refractivity contribution in [2.45, 2.75) is 19.3 Å². The predicted molar refractivity (Wildman–Crippen MR) is 100 cm³/mol. The summed E-state index contributed by atoms with van der Waals surface area (Å²) in [6.45, 7) is 2.35. The van der Waals surface area contributed by atoms with Crippen LogP contribution in [0.5, 0.6) is 0 Å². The first-order valence-corrected chi connectivity index (χ1v) is 9.03. The molecule has 0 aliphatic carbocycles. The van der Waals surface area contributed by atoms with E-state index in [4.69, 9.17) is 5.73 Å². The Labute approximate surface area is 152 Å². The number of piperidine rings is 1. The Morgan fingerprint density at radius 1 is 1.08 bits per heavy atom. The van der Waals surface area contributed by atoms with E-state index in [1.165, 1.54) is 5.56 Å². The van der Waals surface area contributed by atoms with Crippen LogP contribution in [-0.2, 0) is 11.2 Å². The number of aromatic nitrogens is 1. The zero-order valence-corrected chi connectivity index (χ0v) is 14.6. The molecular weight excluding hydrogens is 328 g/mol. The van der Waals surface area contributed by atoms with Gasteiger partial charge in [-0.2, -0.15) is 0 Å². The number of carbonyl (C=O) groups is 2. The lowest BCUT2D eigenvalue weighted by atomic mass is 9.94. The zero-order valence-electron chi connectivity index (χ0n) is 14.6. The van der Waals surface area contributed by atoms with Gasteiger partial charge in [0.1, 0.15) is 5.69 Å². The third-order valence-corrected chi connectivity index (χ3v) is 5.36. The lowest BCUT2D eigenvalue weighted by Crippen LogP contribution is -2.42. The second kappa shape index (κ2) is 6.78. The summed E-state index contributed by atoms with van der Waals surface area (Å²) in [5.41, 5.74) is 8.85. The molecule has 0 atom stereocenters. The van der Waals surface area contributed by atoms with Gasteiger partial charge in [0, 0.05) is 43.1 Å². The molecule has 0 spiro atoms. The van der Waals surface area contributed by atoms with Crippen molar-refractivity contribution < 1.29 is 9.59 Å². The third kappa shape index (κ3) is 3.03. The normalized spacial score (nSPS) is 17.2. The summed E-state index contributed by atoms with van der Waals surface area (Å²) < 4.78 is 0. The van der Waals surface area contributed by atoms with Crippen LogP contribution in [0, 0.1) is 5.92 Å². The van der Waals surface area contributed by atoms with Crippen LogP contribution >= 0.6 is 0 Å². The molecule has 2 aliphatic rings. The van der Waals surface area contributed by atoms with Crippen LogP contribution in [0.3, 0.4) is 0 Å². The number of rotatable bonds is 3. The standard InChI is InChI=1S/C20H22N4O2/c21-19(25)17-13-16(5-9-22-17)23-10-6-15(7-11-23)20(26)24-12-8-14-3-1-2-4-18(14)24/h1-5,9,13,15H,6-8,10-12H2,(H2,21,25). The van der Waals surface area contributed by atoms with Gasteiger partial charge in [0.05, 0.1) is 0 Å². The smallest absolute Gasteiger partial charge is 0.267 e. The number of para-hydroxylation sites is 1. The third-order valence-electron chi connectivity index (χ3n) is 5.36. The highest BCUT2D eigenvalue weighted by Gasteiger charge is 2.32. The van der Waals surface area contributed by atoms with E-state index in [0.717, 1.165) is 50.3 Å². The molecule has 0 bridgehead atoms. The zero-order chi connectivity index (χ0) is 18.1. The number of hydrogen-bond acceptors (Lipinski definition) is 4. The molecule has 3 heterocycles. The molecule has 0 saturated carbocycles. The molecule has 26 heavy (non-hydrogen) atoms. The van der Waals surface area contributed by atoms with Gasteiger partial charge >= 0.3 is 0 Å². The Balaban J connectivity index is 1.42. The van der Waals surface area contributed by atoms with Gasteiger partial charge in [-0.15, -0.1) is 0 Å². The topological polar surface area (TPSA) is 79.5 Å². The summed E-state index contributed by atoms with van der Waals surface area (Å²) in [6.07, 6.45) is 4.17. The van der Waals surface area contributed by atoms with E-state index < -0.39 is 5.91 Å².